The van der Waals surface area contributed by atoms with Crippen LogP contribution < -0.4 is 19.7 Å². The fraction of sp³-hybridized carbons (Fsp3) is 0.258. The molecule has 0 saturated carbocycles. The molecule has 9 nitrogen and oxygen atoms in total. The van der Waals surface area contributed by atoms with Crippen LogP contribution >= 0.6 is 11.8 Å². The van der Waals surface area contributed by atoms with Crippen LogP contribution in [0.5, 0.6) is 11.5 Å². The maximum Gasteiger partial charge on any atom is 0.240 e. The molecule has 6 rings (SSSR count). The number of hydrogen-bond donors (Lipinski definition) is 1. The van der Waals surface area contributed by atoms with E-state index in [1.165, 1.54) is 11.8 Å². The lowest BCUT2D eigenvalue weighted by molar-refractivity contribution is -0.123. The number of aryl methyl sites for hydroxylation is 1. The van der Waals surface area contributed by atoms with E-state index < -0.39 is 0 Å². The second-order valence-electron chi connectivity index (χ2n) is 9.78. The molecule has 0 bridgehead atoms. The molecule has 1 atom stereocenters. The van der Waals surface area contributed by atoms with Crippen molar-refractivity contribution in [3.63, 3.8) is 0 Å². The fourth-order valence-corrected chi connectivity index (χ4v) is 6.32. The number of ether oxygens (including phenoxy) is 3. The fourth-order valence-electron chi connectivity index (χ4n) is 5.13. The maximum atomic E-state index is 13.8. The van der Waals surface area contributed by atoms with E-state index in [9.17, 15) is 9.59 Å². The summed E-state index contributed by atoms with van der Waals surface area (Å²) in [5.41, 5.74) is 5.31. The number of benzene rings is 3. The van der Waals surface area contributed by atoms with Gasteiger partial charge in [0.05, 0.1) is 29.0 Å². The summed E-state index contributed by atoms with van der Waals surface area (Å²) in [4.78, 5) is 28.5. The topological polar surface area (TPSA) is 94.9 Å². The van der Waals surface area contributed by atoms with Crippen LogP contribution in [0.1, 0.15) is 21.9 Å². The number of anilines is 1. The number of hydrogen-bond acceptors (Lipinski definition) is 7. The molecule has 2 amide bonds. The van der Waals surface area contributed by atoms with Gasteiger partial charge in [0.25, 0.3) is 0 Å². The molecule has 210 valence electrons. The van der Waals surface area contributed by atoms with Crippen LogP contribution in [-0.2, 0) is 14.3 Å². The van der Waals surface area contributed by atoms with Crippen LogP contribution in [0.25, 0.3) is 16.9 Å². The number of carbonyl (C=O) groups excluding carboxylic acids is 2. The van der Waals surface area contributed by atoms with Crippen LogP contribution in [0.4, 0.5) is 5.82 Å². The highest BCUT2D eigenvalue weighted by molar-refractivity contribution is 8.00. The number of para-hydroxylation sites is 1. The standard InChI is InChI=1S/C31H30N4O5S/c1-20-8-6-7-11-23(20)35-31-28(29(33-35)21-9-4-3-5-10-21)30(22-12-13-24-25(16-22)40-19-39-24)41-18-27(37)34(31)17-26(36)32-14-15-38-2/h3-13,16,30H,14-15,17-19H2,1-2H3,(H,32,36)/t30-/m0/s1. The number of thioether (sulfide) groups is 1. The summed E-state index contributed by atoms with van der Waals surface area (Å²) in [6.45, 7) is 2.77. The number of amides is 2. The van der Waals surface area contributed by atoms with Gasteiger partial charge in [0.1, 0.15) is 12.4 Å². The van der Waals surface area contributed by atoms with Gasteiger partial charge in [-0.1, -0.05) is 54.6 Å². The maximum absolute atomic E-state index is 13.8. The molecule has 0 fully saturated rings. The number of aromatic nitrogens is 2. The molecule has 2 aliphatic heterocycles. The highest BCUT2D eigenvalue weighted by Crippen LogP contribution is 2.50. The van der Waals surface area contributed by atoms with Gasteiger partial charge in [-0.3, -0.25) is 14.5 Å². The average molecular weight is 571 g/mol. The quantitative estimate of drug-likeness (QED) is 0.312. The zero-order chi connectivity index (χ0) is 28.3. The summed E-state index contributed by atoms with van der Waals surface area (Å²) in [6.07, 6.45) is 0. The lowest BCUT2D eigenvalue weighted by Gasteiger charge is -2.23. The van der Waals surface area contributed by atoms with E-state index in [1.807, 2.05) is 84.4 Å². The molecular formula is C31H30N4O5S. The predicted molar refractivity (Wildman–Crippen MR) is 158 cm³/mol. The van der Waals surface area contributed by atoms with Gasteiger partial charge < -0.3 is 19.5 Å². The minimum absolute atomic E-state index is 0.143. The Morgan fingerprint density at radius 2 is 1.85 bits per heavy atom. The lowest BCUT2D eigenvalue weighted by Crippen LogP contribution is -2.43. The number of fused-ring (bicyclic) bond motifs is 2. The van der Waals surface area contributed by atoms with E-state index in [2.05, 4.69) is 5.32 Å². The molecule has 1 N–H and O–H groups in total. The zero-order valence-electron chi connectivity index (χ0n) is 22.8. The van der Waals surface area contributed by atoms with Gasteiger partial charge in [-0.05, 0) is 36.2 Å². The van der Waals surface area contributed by atoms with Gasteiger partial charge in [-0.2, -0.15) is 5.10 Å². The molecule has 0 aliphatic carbocycles. The van der Waals surface area contributed by atoms with Crippen molar-refractivity contribution in [2.75, 3.05) is 44.3 Å². The van der Waals surface area contributed by atoms with Crippen LogP contribution in [0, 0.1) is 6.92 Å². The van der Waals surface area contributed by atoms with Crippen LogP contribution in [0.3, 0.4) is 0 Å². The van der Waals surface area contributed by atoms with Gasteiger partial charge in [-0.15, -0.1) is 11.8 Å². The number of nitrogens with one attached hydrogen (secondary N) is 1. The minimum atomic E-state index is -0.272. The SMILES string of the molecule is COCCNC(=O)CN1C(=O)CS[C@@H](c2ccc3c(c2)OCO3)c2c(-c3ccccc3)nn(-c3ccccc3C)c21. The lowest BCUT2D eigenvalue weighted by atomic mass is 9.99. The Kier molecular flexibility index (Phi) is 7.67. The molecule has 3 heterocycles. The van der Waals surface area contributed by atoms with Crippen molar-refractivity contribution in [1.29, 1.82) is 0 Å². The van der Waals surface area contributed by atoms with Crippen molar-refractivity contribution in [3.8, 4) is 28.4 Å². The van der Waals surface area contributed by atoms with E-state index in [4.69, 9.17) is 19.3 Å². The van der Waals surface area contributed by atoms with Crippen molar-refractivity contribution in [1.82, 2.24) is 15.1 Å². The Balaban J connectivity index is 1.58. The number of nitrogens with zero attached hydrogens (tertiary/aromatic N) is 3. The number of methoxy groups -OCH3 is 1. The normalized spacial score (nSPS) is 15.9. The first-order valence-corrected chi connectivity index (χ1v) is 14.4. The molecule has 0 spiro atoms. The largest absolute Gasteiger partial charge is 0.454 e. The van der Waals surface area contributed by atoms with Crippen molar-refractivity contribution >= 4 is 29.4 Å². The third-order valence-electron chi connectivity index (χ3n) is 7.11. The number of rotatable bonds is 8. The summed E-state index contributed by atoms with van der Waals surface area (Å²) in [7, 11) is 1.58. The zero-order valence-corrected chi connectivity index (χ0v) is 23.6. The molecule has 0 unspecified atom stereocenters. The van der Waals surface area contributed by atoms with Gasteiger partial charge in [-0.25, -0.2) is 4.68 Å². The summed E-state index contributed by atoms with van der Waals surface area (Å²) in [6, 6.07) is 23.7. The number of carbonyl (C=O) groups is 2. The Labute approximate surface area is 242 Å². The van der Waals surface area contributed by atoms with E-state index in [1.54, 1.807) is 12.0 Å². The molecule has 1 aromatic heterocycles. The van der Waals surface area contributed by atoms with Crippen molar-refractivity contribution in [3.05, 3.63) is 89.5 Å². The second-order valence-corrected chi connectivity index (χ2v) is 10.9. The first-order valence-electron chi connectivity index (χ1n) is 13.4. The second kappa shape index (κ2) is 11.7. The van der Waals surface area contributed by atoms with E-state index in [0.29, 0.717) is 30.5 Å². The highest BCUT2D eigenvalue weighted by atomic mass is 32.2. The third kappa shape index (κ3) is 5.28. The Morgan fingerprint density at radius 1 is 1.07 bits per heavy atom. The van der Waals surface area contributed by atoms with Gasteiger partial charge >= 0.3 is 0 Å². The average Bonchev–Trinajstić information content (AvgIpc) is 3.59. The molecule has 10 heteroatoms. The Hall–Kier alpha value is -4.28. The summed E-state index contributed by atoms with van der Waals surface area (Å²) >= 11 is 1.51. The summed E-state index contributed by atoms with van der Waals surface area (Å²) in [5.74, 6) is 1.68. The van der Waals surface area contributed by atoms with E-state index >= 15 is 0 Å². The Bertz CT molecular complexity index is 1590. The summed E-state index contributed by atoms with van der Waals surface area (Å²) < 4.78 is 18.2. The minimum Gasteiger partial charge on any atom is -0.454 e. The predicted octanol–water partition coefficient (Wildman–Crippen LogP) is 4.51. The van der Waals surface area contributed by atoms with Crippen molar-refractivity contribution in [2.24, 2.45) is 0 Å². The van der Waals surface area contributed by atoms with Gasteiger partial charge in [0.15, 0.2) is 11.5 Å². The molecule has 3 aromatic carbocycles. The van der Waals surface area contributed by atoms with Gasteiger partial charge in [0, 0.05) is 24.8 Å². The van der Waals surface area contributed by atoms with Crippen LogP contribution in [-0.4, -0.2) is 60.9 Å². The third-order valence-corrected chi connectivity index (χ3v) is 8.36. The molecular weight excluding hydrogens is 540 g/mol. The van der Waals surface area contributed by atoms with E-state index in [-0.39, 0.29) is 36.2 Å². The van der Waals surface area contributed by atoms with Crippen LogP contribution in [0.15, 0.2) is 72.8 Å². The molecule has 4 aromatic rings. The smallest absolute Gasteiger partial charge is 0.240 e. The molecule has 0 saturated heterocycles. The summed E-state index contributed by atoms with van der Waals surface area (Å²) in [5, 5.41) is 7.74. The molecule has 2 aliphatic rings. The first-order chi connectivity index (χ1) is 20.0. The van der Waals surface area contributed by atoms with Crippen molar-refractivity contribution in [2.45, 2.75) is 12.2 Å². The van der Waals surface area contributed by atoms with Crippen molar-refractivity contribution < 1.29 is 23.8 Å². The first kappa shape index (κ1) is 26.9. The monoisotopic (exact) mass is 570 g/mol. The molecule has 0 radical (unpaired) electrons. The van der Waals surface area contributed by atoms with Gasteiger partial charge in [0.2, 0.25) is 18.6 Å². The Morgan fingerprint density at radius 3 is 2.66 bits per heavy atom. The van der Waals surface area contributed by atoms with Crippen LogP contribution in [0.2, 0.25) is 0 Å². The molecule has 41 heavy (non-hydrogen) atoms. The highest BCUT2D eigenvalue weighted by Gasteiger charge is 2.38. The van der Waals surface area contributed by atoms with E-state index in [0.717, 1.165) is 33.6 Å².